The third-order valence-electron chi connectivity index (χ3n) is 11.1. The average Bonchev–Trinajstić information content (AvgIpc) is 4.07. The van der Waals surface area contributed by atoms with Crippen LogP contribution in [0.15, 0.2) is 78.3 Å². The maximum absolute atomic E-state index is 14.4. The number of carbonyl (C=O) groups excluding carboxylic acids is 7. The Kier molecular flexibility index (Phi) is 17.6. The van der Waals surface area contributed by atoms with Crippen LogP contribution in [-0.2, 0) is 52.8 Å². The summed E-state index contributed by atoms with van der Waals surface area (Å²) in [5, 5.41) is 14.4. The van der Waals surface area contributed by atoms with Crippen molar-refractivity contribution < 1.29 is 33.6 Å². The van der Waals surface area contributed by atoms with E-state index in [2.05, 4.69) is 46.5 Å². The Bertz CT molecular complexity index is 2290. The Morgan fingerprint density at radius 3 is 2.18 bits per heavy atom. The van der Waals surface area contributed by atoms with Gasteiger partial charge in [-0.05, 0) is 48.8 Å². The second kappa shape index (κ2) is 23.4. The van der Waals surface area contributed by atoms with Gasteiger partial charge in [0.25, 0.3) is 0 Å². The van der Waals surface area contributed by atoms with Crippen molar-refractivity contribution in [1.82, 2.24) is 46.4 Å². The SMILES string of the molecule is CC(C)[C@H](NC(=O)[C@@H]1CCCN1C(=O)CNC(=O)[C@H](Cc1c[nH]c2ccccc12)NC(=O)[C@H](CCCN=C(N)N)NC(=O)[C@H](Cc1ccccc1)NC(=O)[C@@H](N)Cc1cnc[nH]1)C(N)=O. The Labute approximate surface area is 376 Å². The molecule has 2 aromatic heterocycles. The van der Waals surface area contributed by atoms with Gasteiger partial charge in [-0.15, -0.1) is 0 Å². The van der Waals surface area contributed by atoms with Crippen LogP contribution in [0, 0.1) is 5.92 Å². The van der Waals surface area contributed by atoms with Gasteiger partial charge in [0.2, 0.25) is 41.4 Å². The number of hydrogen-bond acceptors (Lipinski definition) is 10. The summed E-state index contributed by atoms with van der Waals surface area (Å²) in [6.07, 6.45) is 5.99. The highest BCUT2D eigenvalue weighted by Gasteiger charge is 2.37. The van der Waals surface area contributed by atoms with E-state index in [-0.39, 0.29) is 57.1 Å². The second-order valence-corrected chi connectivity index (χ2v) is 16.4. The van der Waals surface area contributed by atoms with Crippen LogP contribution in [0.5, 0.6) is 0 Å². The predicted molar refractivity (Wildman–Crippen MR) is 242 cm³/mol. The van der Waals surface area contributed by atoms with Crippen molar-refractivity contribution >= 4 is 58.2 Å². The lowest BCUT2D eigenvalue weighted by Crippen LogP contribution is -2.59. The van der Waals surface area contributed by atoms with E-state index in [0.29, 0.717) is 24.1 Å². The zero-order valence-corrected chi connectivity index (χ0v) is 36.5. The molecule has 1 aliphatic rings. The highest BCUT2D eigenvalue weighted by atomic mass is 16.2. The smallest absolute Gasteiger partial charge is 0.243 e. The second-order valence-electron chi connectivity index (χ2n) is 16.4. The third-order valence-corrected chi connectivity index (χ3v) is 11.1. The maximum Gasteiger partial charge on any atom is 0.243 e. The molecule has 7 amide bonds. The average molecular weight is 897 g/mol. The number of aromatic nitrogens is 3. The molecule has 0 bridgehead atoms. The standard InChI is InChI=1S/C44H60N14O7/c1-25(2)37(38(46)60)57-43(65)35-15-9-17-58(35)36(59)23-52-40(62)34(19-27-21-51-31-13-7-6-12-29(27)31)56-41(63)32(14-8-16-50-44(47)48)54-42(64)33(18-26-10-4-3-5-11-26)55-39(61)30(45)20-28-22-49-24-53-28/h3-7,10-13,21-22,24-25,30,32-35,37,51H,8-9,14-20,23,45H2,1-2H3,(H2,46,60)(H,49,53)(H,52,62)(H,54,64)(H,55,61)(H,56,63)(H,57,65)(H4,47,48,50)/t30-,32-,33-,34-,35-,37-/m0/s1. The Balaban J connectivity index is 1.35. The monoisotopic (exact) mass is 896 g/mol. The van der Waals surface area contributed by atoms with Gasteiger partial charge in [0.05, 0.1) is 18.9 Å². The Hall–Kier alpha value is -7.29. The lowest BCUT2D eigenvalue weighted by Gasteiger charge is -2.28. The van der Waals surface area contributed by atoms with E-state index in [0.717, 1.165) is 16.5 Å². The number of carbonyl (C=O) groups is 7. The van der Waals surface area contributed by atoms with Crippen molar-refractivity contribution in [3.8, 4) is 0 Å². The van der Waals surface area contributed by atoms with Crippen LogP contribution in [0.1, 0.15) is 56.4 Å². The molecule has 0 radical (unpaired) electrons. The molecule has 0 spiro atoms. The number of nitrogens with one attached hydrogen (secondary N) is 7. The fraction of sp³-hybridized carbons (Fsp3) is 0.432. The number of amides is 7. The number of rotatable bonds is 23. The molecule has 65 heavy (non-hydrogen) atoms. The number of hydrogen-bond donors (Lipinski definition) is 11. The van der Waals surface area contributed by atoms with Crippen molar-refractivity contribution in [1.29, 1.82) is 0 Å². The summed E-state index contributed by atoms with van der Waals surface area (Å²) < 4.78 is 0. The van der Waals surface area contributed by atoms with Crippen LogP contribution in [0.25, 0.3) is 10.9 Å². The van der Waals surface area contributed by atoms with Crippen LogP contribution >= 0.6 is 0 Å². The predicted octanol–water partition coefficient (Wildman–Crippen LogP) is -1.51. The minimum absolute atomic E-state index is 0.0193. The lowest BCUT2D eigenvalue weighted by molar-refractivity contribution is -0.140. The topological polar surface area (TPSA) is 344 Å². The van der Waals surface area contributed by atoms with Gasteiger partial charge in [0, 0.05) is 61.3 Å². The van der Waals surface area contributed by atoms with Crippen molar-refractivity contribution in [3.63, 3.8) is 0 Å². The molecule has 3 heterocycles. The first-order chi connectivity index (χ1) is 31.1. The number of para-hydroxylation sites is 1. The minimum atomic E-state index is -1.27. The minimum Gasteiger partial charge on any atom is -0.370 e. The summed E-state index contributed by atoms with van der Waals surface area (Å²) >= 11 is 0. The third kappa shape index (κ3) is 14.1. The zero-order valence-electron chi connectivity index (χ0n) is 36.5. The number of imidazole rings is 1. The molecular weight excluding hydrogens is 837 g/mol. The van der Waals surface area contributed by atoms with E-state index in [1.54, 1.807) is 44.3 Å². The lowest BCUT2D eigenvalue weighted by atomic mass is 10.0. The van der Waals surface area contributed by atoms with E-state index in [4.69, 9.17) is 22.9 Å². The van der Waals surface area contributed by atoms with Gasteiger partial charge in [-0.3, -0.25) is 38.6 Å². The van der Waals surface area contributed by atoms with Crippen LogP contribution in [-0.4, -0.2) is 123 Å². The Morgan fingerprint density at radius 1 is 0.815 bits per heavy atom. The summed E-state index contributed by atoms with van der Waals surface area (Å²) in [4.78, 5) is 110. The molecule has 348 valence electrons. The highest BCUT2D eigenvalue weighted by molar-refractivity contribution is 5.97. The number of guanidine groups is 1. The molecule has 1 aliphatic heterocycles. The number of fused-ring (bicyclic) bond motifs is 1. The number of aliphatic imine (C=N–C) groups is 1. The van der Waals surface area contributed by atoms with E-state index < -0.39 is 84.1 Å². The van der Waals surface area contributed by atoms with Gasteiger partial charge in [0.15, 0.2) is 5.96 Å². The van der Waals surface area contributed by atoms with E-state index >= 15 is 0 Å². The number of primary amides is 1. The molecule has 21 nitrogen and oxygen atoms in total. The normalized spacial score (nSPS) is 15.8. The van der Waals surface area contributed by atoms with E-state index in [9.17, 15) is 33.6 Å². The summed E-state index contributed by atoms with van der Waals surface area (Å²) in [7, 11) is 0. The van der Waals surface area contributed by atoms with Gasteiger partial charge in [-0.1, -0.05) is 62.4 Å². The Morgan fingerprint density at radius 2 is 1.49 bits per heavy atom. The van der Waals surface area contributed by atoms with Crippen molar-refractivity contribution in [2.45, 2.75) is 95.0 Å². The number of nitrogens with two attached hydrogens (primary N) is 4. The molecule has 0 unspecified atom stereocenters. The van der Waals surface area contributed by atoms with Crippen LogP contribution in [0.3, 0.4) is 0 Å². The van der Waals surface area contributed by atoms with Crippen LogP contribution in [0.2, 0.25) is 0 Å². The largest absolute Gasteiger partial charge is 0.370 e. The summed E-state index contributed by atoms with van der Waals surface area (Å²) in [5.74, 6) is -4.97. The molecule has 2 aromatic carbocycles. The van der Waals surface area contributed by atoms with Gasteiger partial charge in [0.1, 0.15) is 30.2 Å². The van der Waals surface area contributed by atoms with E-state index in [1.165, 1.54) is 17.4 Å². The fourth-order valence-corrected chi connectivity index (χ4v) is 7.65. The highest BCUT2D eigenvalue weighted by Crippen LogP contribution is 2.21. The molecule has 21 heteroatoms. The van der Waals surface area contributed by atoms with Crippen molar-refractivity contribution in [2.75, 3.05) is 19.6 Å². The molecule has 1 fully saturated rings. The number of H-pyrrole nitrogens is 2. The number of benzene rings is 2. The molecule has 4 aromatic rings. The quantitative estimate of drug-likeness (QED) is 0.0231. The molecule has 0 aliphatic carbocycles. The summed E-state index contributed by atoms with van der Waals surface area (Å²) in [6, 6.07) is 9.81. The first-order valence-electron chi connectivity index (χ1n) is 21.6. The maximum atomic E-state index is 14.4. The van der Waals surface area contributed by atoms with Gasteiger partial charge in [-0.2, -0.15) is 0 Å². The van der Waals surface area contributed by atoms with Gasteiger partial charge >= 0.3 is 0 Å². The van der Waals surface area contributed by atoms with Crippen LogP contribution in [0.4, 0.5) is 0 Å². The molecular formula is C44H60N14O7. The van der Waals surface area contributed by atoms with Crippen molar-refractivity contribution in [2.24, 2.45) is 33.8 Å². The first-order valence-corrected chi connectivity index (χ1v) is 21.6. The summed E-state index contributed by atoms with van der Waals surface area (Å²) in [5.41, 5.74) is 25.6. The van der Waals surface area contributed by atoms with Gasteiger partial charge in [-0.25, -0.2) is 4.98 Å². The molecule has 0 saturated carbocycles. The molecule has 15 N–H and O–H groups in total. The van der Waals surface area contributed by atoms with E-state index in [1.807, 2.05) is 30.3 Å². The first kappa shape index (κ1) is 48.7. The number of aromatic amines is 2. The number of nitrogens with zero attached hydrogens (tertiary/aromatic N) is 3. The van der Waals surface area contributed by atoms with Crippen LogP contribution < -0.4 is 49.5 Å². The van der Waals surface area contributed by atoms with Gasteiger partial charge < -0.3 is 64.4 Å². The molecule has 1 saturated heterocycles. The van der Waals surface area contributed by atoms with Crippen molar-refractivity contribution in [3.05, 3.63) is 90.1 Å². The summed E-state index contributed by atoms with van der Waals surface area (Å²) in [6.45, 7) is 3.33. The molecule has 6 atom stereocenters. The molecule has 5 rings (SSSR count). The number of likely N-dealkylation sites (tertiary alicyclic amines) is 1. The zero-order chi connectivity index (χ0) is 47.0. The fourth-order valence-electron chi connectivity index (χ4n) is 7.65.